The maximum absolute atomic E-state index is 12.7. The molecule has 24 heavy (non-hydrogen) atoms. The van der Waals surface area contributed by atoms with Gasteiger partial charge in [-0.3, -0.25) is 9.59 Å². The summed E-state index contributed by atoms with van der Waals surface area (Å²) in [5, 5.41) is 3.91. The van der Waals surface area contributed by atoms with Crippen molar-refractivity contribution >= 4 is 11.8 Å². The molecule has 1 aromatic carbocycles. The number of fused-ring (bicyclic) bond motifs is 1. The van der Waals surface area contributed by atoms with Crippen molar-refractivity contribution in [2.75, 3.05) is 0 Å². The lowest BCUT2D eigenvalue weighted by molar-refractivity contribution is -0.140. The predicted octanol–water partition coefficient (Wildman–Crippen LogP) is 1.66. The molecular weight excluding hydrogens is 306 g/mol. The molecular formula is C18H21N3O3. The number of amides is 2. The molecule has 0 spiro atoms. The van der Waals surface area contributed by atoms with E-state index in [1.54, 1.807) is 4.90 Å². The molecule has 2 amide bonds. The minimum atomic E-state index is -0.586. The zero-order chi connectivity index (χ0) is 17.3. The summed E-state index contributed by atoms with van der Waals surface area (Å²) in [6, 6.07) is 7.26. The van der Waals surface area contributed by atoms with E-state index in [1.165, 1.54) is 0 Å². The summed E-state index contributed by atoms with van der Waals surface area (Å²) in [4.78, 5) is 26.1. The average Bonchev–Trinajstić information content (AvgIpc) is 2.89. The number of rotatable bonds is 4. The van der Waals surface area contributed by atoms with E-state index in [0.29, 0.717) is 25.8 Å². The molecule has 1 unspecified atom stereocenters. The number of hydrogen-bond acceptors (Lipinski definition) is 4. The third kappa shape index (κ3) is 3.04. The van der Waals surface area contributed by atoms with E-state index in [0.717, 1.165) is 28.1 Å². The van der Waals surface area contributed by atoms with Crippen LogP contribution in [0.2, 0.25) is 0 Å². The van der Waals surface area contributed by atoms with Crippen LogP contribution in [-0.2, 0) is 29.0 Å². The summed E-state index contributed by atoms with van der Waals surface area (Å²) < 4.78 is 5.13. The molecule has 0 aliphatic carbocycles. The number of carbonyl (C=O) groups excluding carboxylic acids is 2. The van der Waals surface area contributed by atoms with Gasteiger partial charge in [0.1, 0.15) is 11.8 Å². The van der Waals surface area contributed by atoms with Gasteiger partial charge in [0.2, 0.25) is 11.8 Å². The first-order chi connectivity index (χ1) is 11.5. The molecule has 0 saturated carbocycles. The van der Waals surface area contributed by atoms with Crippen molar-refractivity contribution in [1.82, 2.24) is 10.1 Å². The summed E-state index contributed by atoms with van der Waals surface area (Å²) in [7, 11) is 0. The van der Waals surface area contributed by atoms with E-state index in [9.17, 15) is 9.59 Å². The van der Waals surface area contributed by atoms with Crippen molar-refractivity contribution in [3.63, 3.8) is 0 Å². The molecule has 2 N–H and O–H groups in total. The fraction of sp³-hybridized carbons (Fsp3) is 0.389. The number of aromatic nitrogens is 1. The van der Waals surface area contributed by atoms with Crippen LogP contribution in [0.4, 0.5) is 0 Å². The van der Waals surface area contributed by atoms with E-state index in [4.69, 9.17) is 10.3 Å². The Morgan fingerprint density at radius 2 is 2.00 bits per heavy atom. The van der Waals surface area contributed by atoms with Crippen LogP contribution >= 0.6 is 0 Å². The van der Waals surface area contributed by atoms with Crippen LogP contribution in [0, 0.1) is 13.8 Å². The van der Waals surface area contributed by atoms with Gasteiger partial charge in [0.05, 0.1) is 5.69 Å². The van der Waals surface area contributed by atoms with Gasteiger partial charge in [0, 0.05) is 24.9 Å². The lowest BCUT2D eigenvalue weighted by atomic mass is 9.93. The summed E-state index contributed by atoms with van der Waals surface area (Å²) in [5.41, 5.74) is 9.44. The van der Waals surface area contributed by atoms with Gasteiger partial charge in [-0.25, -0.2) is 0 Å². The van der Waals surface area contributed by atoms with Crippen molar-refractivity contribution in [1.29, 1.82) is 0 Å². The molecule has 3 rings (SSSR count). The van der Waals surface area contributed by atoms with Gasteiger partial charge < -0.3 is 15.2 Å². The molecule has 6 heteroatoms. The highest BCUT2D eigenvalue weighted by Gasteiger charge is 2.33. The predicted molar refractivity (Wildman–Crippen MR) is 88.0 cm³/mol. The zero-order valence-electron chi connectivity index (χ0n) is 13.9. The minimum Gasteiger partial charge on any atom is -0.368 e. The topological polar surface area (TPSA) is 89.4 Å². The smallest absolute Gasteiger partial charge is 0.240 e. The monoisotopic (exact) mass is 327 g/mol. The molecule has 1 aliphatic rings. The molecule has 1 aromatic heterocycles. The molecule has 0 radical (unpaired) electrons. The van der Waals surface area contributed by atoms with E-state index in [2.05, 4.69) is 5.16 Å². The third-order valence-corrected chi connectivity index (χ3v) is 4.67. The Bertz CT molecular complexity index is 762. The van der Waals surface area contributed by atoms with Crippen molar-refractivity contribution in [2.45, 2.75) is 45.7 Å². The summed E-state index contributed by atoms with van der Waals surface area (Å²) in [6.45, 7) is 4.12. The summed E-state index contributed by atoms with van der Waals surface area (Å²) in [6.07, 6.45) is 1.32. The molecule has 2 heterocycles. The van der Waals surface area contributed by atoms with Gasteiger partial charge in [-0.05, 0) is 31.4 Å². The van der Waals surface area contributed by atoms with E-state index in [-0.39, 0.29) is 5.91 Å². The Hall–Kier alpha value is -2.63. The van der Waals surface area contributed by atoms with E-state index >= 15 is 0 Å². The Kier molecular flexibility index (Phi) is 4.38. The van der Waals surface area contributed by atoms with Crippen LogP contribution in [0.25, 0.3) is 0 Å². The van der Waals surface area contributed by atoms with E-state index < -0.39 is 11.9 Å². The standard InChI is InChI=1S/C18H21N3O3/c1-11-15(12(2)24-20-11)7-8-17(22)21-10-14-6-4-3-5-13(14)9-16(21)18(19)23/h3-6,16H,7-10H2,1-2H3,(H2,19,23). The number of nitrogens with two attached hydrogens (primary N) is 1. The Morgan fingerprint density at radius 3 is 2.62 bits per heavy atom. The van der Waals surface area contributed by atoms with E-state index in [1.807, 2.05) is 38.1 Å². The minimum absolute atomic E-state index is 0.0756. The number of aryl methyl sites for hydroxylation is 2. The quantitative estimate of drug-likeness (QED) is 0.925. The maximum atomic E-state index is 12.7. The van der Waals surface area contributed by atoms with Gasteiger partial charge in [0.25, 0.3) is 0 Å². The molecule has 0 saturated heterocycles. The molecule has 2 aromatic rings. The second-order valence-corrected chi connectivity index (χ2v) is 6.22. The van der Waals surface area contributed by atoms with Crippen LogP contribution in [0.3, 0.4) is 0 Å². The van der Waals surface area contributed by atoms with Crippen LogP contribution in [-0.4, -0.2) is 27.9 Å². The van der Waals surface area contributed by atoms with Gasteiger partial charge in [-0.2, -0.15) is 0 Å². The molecule has 6 nitrogen and oxygen atoms in total. The maximum Gasteiger partial charge on any atom is 0.240 e. The molecule has 0 fully saturated rings. The lowest BCUT2D eigenvalue weighted by Gasteiger charge is -2.35. The first kappa shape index (κ1) is 16.2. The van der Waals surface area contributed by atoms with Crippen molar-refractivity contribution < 1.29 is 14.1 Å². The van der Waals surface area contributed by atoms with Gasteiger partial charge >= 0.3 is 0 Å². The van der Waals surface area contributed by atoms with Gasteiger partial charge in [0.15, 0.2) is 0 Å². The molecule has 1 aliphatic heterocycles. The SMILES string of the molecule is Cc1noc(C)c1CCC(=O)N1Cc2ccccc2CC1C(N)=O. The molecule has 126 valence electrons. The van der Waals surface area contributed by atoms with Crippen LogP contribution in [0.5, 0.6) is 0 Å². The Morgan fingerprint density at radius 1 is 1.29 bits per heavy atom. The molecule has 1 atom stereocenters. The average molecular weight is 327 g/mol. The van der Waals surface area contributed by atoms with Crippen molar-refractivity contribution in [2.24, 2.45) is 5.73 Å². The van der Waals surface area contributed by atoms with Gasteiger partial charge in [-0.15, -0.1) is 0 Å². The summed E-state index contributed by atoms with van der Waals surface area (Å²) in [5.74, 6) is 0.194. The van der Waals surface area contributed by atoms with Crippen molar-refractivity contribution in [3.05, 3.63) is 52.4 Å². The zero-order valence-corrected chi connectivity index (χ0v) is 13.9. The third-order valence-electron chi connectivity index (χ3n) is 4.67. The second kappa shape index (κ2) is 6.47. The fourth-order valence-corrected chi connectivity index (χ4v) is 3.27. The Labute approximate surface area is 140 Å². The van der Waals surface area contributed by atoms with Crippen molar-refractivity contribution in [3.8, 4) is 0 Å². The highest BCUT2D eigenvalue weighted by molar-refractivity contribution is 5.87. The second-order valence-electron chi connectivity index (χ2n) is 6.22. The number of primary amides is 1. The first-order valence-electron chi connectivity index (χ1n) is 8.04. The largest absolute Gasteiger partial charge is 0.368 e. The number of nitrogens with zero attached hydrogens (tertiary/aromatic N) is 2. The fourth-order valence-electron chi connectivity index (χ4n) is 3.27. The normalized spacial score (nSPS) is 16.8. The van der Waals surface area contributed by atoms with Crippen LogP contribution in [0.1, 0.15) is 34.6 Å². The lowest BCUT2D eigenvalue weighted by Crippen LogP contribution is -2.51. The van der Waals surface area contributed by atoms with Crippen LogP contribution < -0.4 is 5.73 Å². The molecule has 0 bridgehead atoms. The first-order valence-corrected chi connectivity index (χ1v) is 8.04. The number of carbonyl (C=O) groups is 2. The van der Waals surface area contributed by atoms with Gasteiger partial charge in [-0.1, -0.05) is 29.4 Å². The highest BCUT2D eigenvalue weighted by Crippen LogP contribution is 2.24. The Balaban J connectivity index is 1.76. The van der Waals surface area contributed by atoms with Crippen LogP contribution in [0.15, 0.2) is 28.8 Å². The highest BCUT2D eigenvalue weighted by atomic mass is 16.5. The summed E-state index contributed by atoms with van der Waals surface area (Å²) >= 11 is 0. The number of hydrogen-bond donors (Lipinski definition) is 1. The number of benzene rings is 1.